The summed E-state index contributed by atoms with van der Waals surface area (Å²) in [5.74, 6) is -0.437. The van der Waals surface area contributed by atoms with Gasteiger partial charge in [0.15, 0.2) is 0 Å². The van der Waals surface area contributed by atoms with E-state index in [1.54, 1.807) is 20.0 Å². The topological polar surface area (TPSA) is 58.6 Å². The fourth-order valence-corrected chi connectivity index (χ4v) is 0.771. The summed E-state index contributed by atoms with van der Waals surface area (Å²) in [6.45, 7) is 5.86. The number of carbonyl (C=O) groups excluding carboxylic acids is 2. The third-order valence-electron chi connectivity index (χ3n) is 1.44. The van der Waals surface area contributed by atoms with Crippen molar-refractivity contribution in [3.05, 3.63) is 12.7 Å². The van der Waals surface area contributed by atoms with Gasteiger partial charge >= 0.3 is 12.0 Å². The van der Waals surface area contributed by atoms with Gasteiger partial charge in [0.25, 0.3) is 0 Å². The summed E-state index contributed by atoms with van der Waals surface area (Å²) in [7, 11) is 1.61. The summed E-state index contributed by atoms with van der Waals surface area (Å²) < 4.78 is 4.64. The molecule has 14 heavy (non-hydrogen) atoms. The molecular weight excluding hydrogens is 184 g/mol. The molecular formula is C9H16N2O3. The van der Waals surface area contributed by atoms with Gasteiger partial charge in [0, 0.05) is 13.6 Å². The van der Waals surface area contributed by atoms with Crippen LogP contribution >= 0.6 is 0 Å². The van der Waals surface area contributed by atoms with Crippen molar-refractivity contribution in [2.24, 2.45) is 0 Å². The van der Waals surface area contributed by atoms with Gasteiger partial charge in [0.2, 0.25) is 0 Å². The monoisotopic (exact) mass is 200 g/mol. The molecule has 0 rings (SSSR count). The van der Waals surface area contributed by atoms with Gasteiger partial charge in [-0.15, -0.1) is 6.58 Å². The van der Waals surface area contributed by atoms with Crippen LogP contribution in [0.3, 0.4) is 0 Å². The molecule has 0 aliphatic carbocycles. The SMILES string of the molecule is C=CCN(C)C(=O)NCC(=O)OCC. The first-order valence-corrected chi connectivity index (χ1v) is 4.37. The second-order valence-corrected chi connectivity index (χ2v) is 2.63. The normalized spacial score (nSPS) is 9.00. The number of amides is 2. The van der Waals surface area contributed by atoms with Crippen LogP contribution in [0.5, 0.6) is 0 Å². The van der Waals surface area contributed by atoms with E-state index in [0.29, 0.717) is 13.2 Å². The van der Waals surface area contributed by atoms with E-state index >= 15 is 0 Å². The molecule has 0 aromatic carbocycles. The van der Waals surface area contributed by atoms with Crippen LogP contribution in [-0.4, -0.2) is 43.6 Å². The number of nitrogens with one attached hydrogen (secondary N) is 1. The zero-order valence-corrected chi connectivity index (χ0v) is 8.58. The fraction of sp³-hybridized carbons (Fsp3) is 0.556. The average Bonchev–Trinajstić information content (AvgIpc) is 2.15. The van der Waals surface area contributed by atoms with Gasteiger partial charge < -0.3 is 15.0 Å². The Bertz CT molecular complexity index is 216. The zero-order chi connectivity index (χ0) is 11.0. The van der Waals surface area contributed by atoms with Gasteiger partial charge in [-0.2, -0.15) is 0 Å². The van der Waals surface area contributed by atoms with E-state index in [-0.39, 0.29) is 12.6 Å². The van der Waals surface area contributed by atoms with E-state index < -0.39 is 5.97 Å². The highest BCUT2D eigenvalue weighted by Gasteiger charge is 2.08. The first-order valence-electron chi connectivity index (χ1n) is 4.37. The number of hydrogen-bond acceptors (Lipinski definition) is 3. The molecule has 0 aliphatic heterocycles. The lowest BCUT2D eigenvalue weighted by Gasteiger charge is -2.15. The van der Waals surface area contributed by atoms with Crippen molar-refractivity contribution in [3.63, 3.8) is 0 Å². The van der Waals surface area contributed by atoms with Crippen LogP contribution in [0, 0.1) is 0 Å². The van der Waals surface area contributed by atoms with Crippen molar-refractivity contribution in [3.8, 4) is 0 Å². The third kappa shape index (κ3) is 5.18. The number of likely N-dealkylation sites (N-methyl/N-ethyl adjacent to an activating group) is 1. The summed E-state index contributed by atoms with van der Waals surface area (Å²) in [6.07, 6.45) is 1.60. The van der Waals surface area contributed by atoms with Crippen LogP contribution in [0.15, 0.2) is 12.7 Å². The number of rotatable bonds is 5. The lowest BCUT2D eigenvalue weighted by molar-refractivity contribution is -0.141. The molecule has 0 bridgehead atoms. The molecule has 0 atom stereocenters. The number of hydrogen-bond donors (Lipinski definition) is 1. The molecule has 2 amide bonds. The highest BCUT2D eigenvalue weighted by atomic mass is 16.5. The molecule has 0 aliphatic rings. The minimum absolute atomic E-state index is 0.103. The van der Waals surface area contributed by atoms with Crippen molar-refractivity contribution in [2.75, 3.05) is 26.7 Å². The van der Waals surface area contributed by atoms with Gasteiger partial charge in [-0.05, 0) is 6.92 Å². The summed E-state index contributed by atoms with van der Waals surface area (Å²) >= 11 is 0. The van der Waals surface area contributed by atoms with Crippen LogP contribution < -0.4 is 5.32 Å². The maximum atomic E-state index is 11.2. The molecule has 0 saturated heterocycles. The Balaban J connectivity index is 3.72. The molecule has 0 heterocycles. The highest BCUT2D eigenvalue weighted by molar-refractivity contribution is 5.80. The standard InChI is InChI=1S/C9H16N2O3/c1-4-6-11(3)9(13)10-7-8(12)14-5-2/h4H,1,5-7H2,2-3H3,(H,10,13). The molecule has 0 unspecified atom stereocenters. The maximum Gasteiger partial charge on any atom is 0.325 e. The molecule has 80 valence electrons. The Morgan fingerprint density at radius 2 is 2.21 bits per heavy atom. The van der Waals surface area contributed by atoms with Gasteiger partial charge in [-0.25, -0.2) is 4.79 Å². The third-order valence-corrected chi connectivity index (χ3v) is 1.44. The Hall–Kier alpha value is -1.52. The predicted molar refractivity (Wildman–Crippen MR) is 52.9 cm³/mol. The Labute approximate surface area is 83.7 Å². The first kappa shape index (κ1) is 12.5. The number of urea groups is 1. The molecule has 1 N–H and O–H groups in total. The van der Waals surface area contributed by atoms with E-state index in [9.17, 15) is 9.59 Å². The van der Waals surface area contributed by atoms with Crippen molar-refractivity contribution >= 4 is 12.0 Å². The number of nitrogens with zero attached hydrogens (tertiary/aromatic N) is 1. The van der Waals surface area contributed by atoms with Crippen LogP contribution in [0.25, 0.3) is 0 Å². The first-order chi connectivity index (χ1) is 6.61. The highest BCUT2D eigenvalue weighted by Crippen LogP contribution is 1.84. The summed E-state index contributed by atoms with van der Waals surface area (Å²) in [4.78, 5) is 23.5. The van der Waals surface area contributed by atoms with E-state index in [0.717, 1.165) is 0 Å². The largest absolute Gasteiger partial charge is 0.465 e. The smallest absolute Gasteiger partial charge is 0.325 e. The molecule has 5 nitrogen and oxygen atoms in total. The van der Waals surface area contributed by atoms with Crippen LogP contribution in [-0.2, 0) is 9.53 Å². The minimum atomic E-state index is -0.437. The second kappa shape index (κ2) is 6.94. The Morgan fingerprint density at radius 3 is 2.71 bits per heavy atom. The van der Waals surface area contributed by atoms with Gasteiger partial charge in [0.05, 0.1) is 6.61 Å². The van der Waals surface area contributed by atoms with Gasteiger partial charge in [-0.1, -0.05) is 6.08 Å². The van der Waals surface area contributed by atoms with Crippen molar-refractivity contribution in [1.82, 2.24) is 10.2 Å². The van der Waals surface area contributed by atoms with E-state index in [2.05, 4.69) is 16.6 Å². The summed E-state index contributed by atoms with van der Waals surface area (Å²) in [5, 5.41) is 2.42. The van der Waals surface area contributed by atoms with E-state index in [1.165, 1.54) is 4.90 Å². The van der Waals surface area contributed by atoms with Crippen LogP contribution in [0.2, 0.25) is 0 Å². The predicted octanol–water partition coefficient (Wildman–Crippen LogP) is 0.377. The van der Waals surface area contributed by atoms with Crippen molar-refractivity contribution in [1.29, 1.82) is 0 Å². The summed E-state index contributed by atoms with van der Waals surface area (Å²) in [5.41, 5.74) is 0. The lowest BCUT2D eigenvalue weighted by Crippen LogP contribution is -2.40. The molecule has 0 saturated carbocycles. The van der Waals surface area contributed by atoms with Crippen molar-refractivity contribution < 1.29 is 14.3 Å². The average molecular weight is 200 g/mol. The molecule has 5 heteroatoms. The zero-order valence-electron chi connectivity index (χ0n) is 8.58. The molecule has 0 aromatic rings. The molecule has 0 radical (unpaired) electrons. The van der Waals surface area contributed by atoms with Crippen molar-refractivity contribution in [2.45, 2.75) is 6.92 Å². The summed E-state index contributed by atoms with van der Waals surface area (Å²) in [6, 6.07) is -0.321. The quantitative estimate of drug-likeness (QED) is 0.515. The lowest BCUT2D eigenvalue weighted by atomic mass is 10.5. The number of esters is 1. The molecule has 0 fully saturated rings. The number of carbonyl (C=O) groups is 2. The number of ether oxygens (including phenoxy) is 1. The van der Waals surface area contributed by atoms with E-state index in [1.807, 2.05) is 0 Å². The second-order valence-electron chi connectivity index (χ2n) is 2.63. The van der Waals surface area contributed by atoms with Gasteiger partial charge in [-0.3, -0.25) is 4.79 Å². The Morgan fingerprint density at radius 1 is 1.57 bits per heavy atom. The van der Waals surface area contributed by atoms with Gasteiger partial charge in [0.1, 0.15) is 6.54 Å². The van der Waals surface area contributed by atoms with E-state index in [4.69, 9.17) is 0 Å². The molecule has 0 spiro atoms. The Kier molecular flexibility index (Phi) is 6.19. The maximum absolute atomic E-state index is 11.2. The molecule has 0 aromatic heterocycles. The van der Waals surface area contributed by atoms with Crippen LogP contribution in [0.1, 0.15) is 6.92 Å². The van der Waals surface area contributed by atoms with Crippen LogP contribution in [0.4, 0.5) is 4.79 Å². The fourth-order valence-electron chi connectivity index (χ4n) is 0.771. The minimum Gasteiger partial charge on any atom is -0.465 e.